The van der Waals surface area contributed by atoms with E-state index in [1.807, 2.05) is 42.5 Å². The van der Waals surface area contributed by atoms with Crippen molar-refractivity contribution >= 4 is 45.4 Å². The van der Waals surface area contributed by atoms with Crippen LogP contribution in [0.25, 0.3) is 10.8 Å². The highest BCUT2D eigenvalue weighted by Crippen LogP contribution is 2.22. The average Bonchev–Trinajstić information content (AvgIpc) is 2.63. The van der Waals surface area contributed by atoms with Gasteiger partial charge < -0.3 is 10.6 Å². The van der Waals surface area contributed by atoms with Gasteiger partial charge in [-0.3, -0.25) is 14.9 Å². The maximum atomic E-state index is 12.3. The lowest BCUT2D eigenvalue weighted by molar-refractivity contribution is -0.385. The summed E-state index contributed by atoms with van der Waals surface area (Å²) in [7, 11) is 0. The van der Waals surface area contributed by atoms with Crippen LogP contribution in [0.1, 0.15) is 11.1 Å². The number of nitro groups is 1. The van der Waals surface area contributed by atoms with E-state index in [1.165, 1.54) is 6.07 Å². The minimum atomic E-state index is -0.456. The van der Waals surface area contributed by atoms with Crippen LogP contribution >= 0.6 is 12.2 Å². The molecule has 0 fully saturated rings. The van der Waals surface area contributed by atoms with Crippen molar-refractivity contribution in [3.63, 3.8) is 0 Å². The molecule has 6 nitrogen and oxygen atoms in total. The Morgan fingerprint density at radius 3 is 2.63 bits per heavy atom. The minimum Gasteiger partial charge on any atom is -0.332 e. The molecule has 0 aliphatic carbocycles. The molecule has 3 aromatic carbocycles. The van der Waals surface area contributed by atoms with Gasteiger partial charge in [0.25, 0.3) is 5.69 Å². The lowest BCUT2D eigenvalue weighted by Gasteiger charge is -2.11. The normalized spacial score (nSPS) is 10.4. The molecule has 7 heteroatoms. The Kier molecular flexibility index (Phi) is 5.42. The molecule has 3 rings (SSSR count). The molecule has 0 aromatic heterocycles. The van der Waals surface area contributed by atoms with Crippen molar-refractivity contribution in [3.8, 4) is 0 Å². The van der Waals surface area contributed by atoms with Gasteiger partial charge in [0.1, 0.15) is 0 Å². The topological polar surface area (TPSA) is 84.3 Å². The summed E-state index contributed by atoms with van der Waals surface area (Å²) < 4.78 is 0. The number of nitrogens with one attached hydrogen (secondary N) is 2. The molecule has 0 radical (unpaired) electrons. The number of carbonyl (C=O) groups is 1. The highest BCUT2D eigenvalue weighted by atomic mass is 32.1. The second-order valence-corrected chi connectivity index (χ2v) is 6.48. The Morgan fingerprint density at radius 2 is 1.85 bits per heavy atom. The summed E-state index contributed by atoms with van der Waals surface area (Å²) in [6, 6.07) is 18.3. The van der Waals surface area contributed by atoms with Gasteiger partial charge in [-0.25, -0.2) is 0 Å². The van der Waals surface area contributed by atoms with E-state index in [4.69, 9.17) is 12.2 Å². The Bertz CT molecular complexity index is 1040. The van der Waals surface area contributed by atoms with Crippen molar-refractivity contribution in [1.82, 2.24) is 5.32 Å². The van der Waals surface area contributed by atoms with E-state index in [1.54, 1.807) is 19.1 Å². The number of nitrogens with zero attached hydrogens (tertiary/aromatic N) is 1. The summed E-state index contributed by atoms with van der Waals surface area (Å²) in [4.78, 5) is 22.9. The van der Waals surface area contributed by atoms with Crippen LogP contribution in [-0.4, -0.2) is 15.9 Å². The van der Waals surface area contributed by atoms with Crippen molar-refractivity contribution in [2.45, 2.75) is 13.3 Å². The number of fused-ring (bicyclic) bond motifs is 1. The van der Waals surface area contributed by atoms with Gasteiger partial charge in [0.05, 0.1) is 11.3 Å². The smallest absolute Gasteiger partial charge is 0.274 e. The van der Waals surface area contributed by atoms with E-state index in [0.717, 1.165) is 16.3 Å². The van der Waals surface area contributed by atoms with Crippen LogP contribution in [0.5, 0.6) is 0 Å². The molecule has 136 valence electrons. The highest BCUT2D eigenvalue weighted by Gasteiger charge is 2.13. The summed E-state index contributed by atoms with van der Waals surface area (Å²) in [5.74, 6) is -0.259. The first-order valence-corrected chi connectivity index (χ1v) is 8.67. The largest absolute Gasteiger partial charge is 0.332 e. The van der Waals surface area contributed by atoms with E-state index >= 15 is 0 Å². The first-order chi connectivity index (χ1) is 12.9. The van der Waals surface area contributed by atoms with E-state index in [-0.39, 0.29) is 23.1 Å². The van der Waals surface area contributed by atoms with Gasteiger partial charge in [-0.2, -0.15) is 0 Å². The maximum Gasteiger partial charge on any atom is 0.274 e. The monoisotopic (exact) mass is 379 g/mol. The molecule has 0 aliphatic heterocycles. The van der Waals surface area contributed by atoms with Crippen molar-refractivity contribution in [3.05, 3.63) is 81.9 Å². The molecule has 0 heterocycles. The zero-order valence-corrected chi connectivity index (χ0v) is 15.4. The third-order valence-electron chi connectivity index (χ3n) is 4.15. The predicted octanol–water partition coefficient (Wildman–Crippen LogP) is 4.11. The minimum absolute atomic E-state index is 0.00937. The second kappa shape index (κ2) is 7.92. The first-order valence-electron chi connectivity index (χ1n) is 8.26. The number of hydrogen-bond acceptors (Lipinski definition) is 4. The Balaban J connectivity index is 1.67. The van der Waals surface area contributed by atoms with Gasteiger partial charge in [0, 0.05) is 17.3 Å². The summed E-state index contributed by atoms with van der Waals surface area (Å²) in [5.41, 5.74) is 1.89. The molecule has 0 unspecified atom stereocenters. The van der Waals surface area contributed by atoms with Crippen molar-refractivity contribution in [2.75, 3.05) is 5.32 Å². The molecule has 27 heavy (non-hydrogen) atoms. The standard InChI is InChI=1S/C20H17N3O3S/c1-13-9-10-16(12-18(13)23(25)26)21-20(27)22-19(24)11-15-7-4-6-14-5-2-3-8-17(14)15/h2-10,12H,11H2,1H3,(H2,21,22,24,27). The van der Waals surface area contributed by atoms with Gasteiger partial charge >= 0.3 is 0 Å². The summed E-state index contributed by atoms with van der Waals surface area (Å²) in [6.07, 6.45) is 0.178. The SMILES string of the molecule is Cc1ccc(NC(=S)NC(=O)Cc2cccc3ccccc23)cc1[N+](=O)[O-]. The predicted molar refractivity (Wildman–Crippen MR) is 110 cm³/mol. The number of amides is 1. The van der Waals surface area contributed by atoms with Crippen LogP contribution in [0.3, 0.4) is 0 Å². The van der Waals surface area contributed by atoms with Gasteiger partial charge in [0.2, 0.25) is 5.91 Å². The number of aryl methyl sites for hydroxylation is 1. The molecule has 3 aromatic rings. The first kappa shape index (κ1) is 18.5. The van der Waals surface area contributed by atoms with Gasteiger partial charge in [-0.1, -0.05) is 48.5 Å². The van der Waals surface area contributed by atoms with E-state index in [0.29, 0.717) is 11.3 Å². The van der Waals surface area contributed by atoms with Crippen LogP contribution < -0.4 is 10.6 Å². The van der Waals surface area contributed by atoms with Crippen LogP contribution in [0.15, 0.2) is 60.7 Å². The molecule has 0 saturated heterocycles. The fraction of sp³-hybridized carbons (Fsp3) is 0.100. The van der Waals surface area contributed by atoms with Crippen LogP contribution in [-0.2, 0) is 11.2 Å². The molecular weight excluding hydrogens is 362 g/mol. The zero-order valence-electron chi connectivity index (χ0n) is 14.6. The van der Waals surface area contributed by atoms with E-state index < -0.39 is 4.92 Å². The van der Waals surface area contributed by atoms with Crippen molar-refractivity contribution in [2.24, 2.45) is 0 Å². The second-order valence-electron chi connectivity index (χ2n) is 6.08. The van der Waals surface area contributed by atoms with Gasteiger partial charge in [-0.15, -0.1) is 0 Å². The number of benzene rings is 3. The quantitative estimate of drug-likeness (QED) is 0.405. The fourth-order valence-corrected chi connectivity index (χ4v) is 3.07. The van der Waals surface area contributed by atoms with Gasteiger partial charge in [-0.05, 0) is 41.5 Å². The lowest BCUT2D eigenvalue weighted by Crippen LogP contribution is -2.35. The zero-order chi connectivity index (χ0) is 19.4. The van der Waals surface area contributed by atoms with E-state index in [2.05, 4.69) is 10.6 Å². The van der Waals surface area contributed by atoms with Crippen LogP contribution in [0, 0.1) is 17.0 Å². The third-order valence-corrected chi connectivity index (χ3v) is 4.35. The third kappa shape index (κ3) is 4.45. The molecule has 0 aliphatic rings. The number of anilines is 1. The Labute approximate surface area is 161 Å². The van der Waals surface area contributed by atoms with Crippen LogP contribution in [0.4, 0.5) is 11.4 Å². The highest BCUT2D eigenvalue weighted by molar-refractivity contribution is 7.80. The summed E-state index contributed by atoms with van der Waals surface area (Å²) in [6.45, 7) is 1.66. The van der Waals surface area contributed by atoms with Crippen LogP contribution in [0.2, 0.25) is 0 Å². The molecule has 0 spiro atoms. The number of nitro benzene ring substituents is 1. The molecule has 0 bridgehead atoms. The molecular formula is C20H17N3O3S. The number of hydrogen-bond donors (Lipinski definition) is 2. The van der Waals surface area contributed by atoms with E-state index in [9.17, 15) is 14.9 Å². The Morgan fingerprint density at radius 1 is 1.11 bits per heavy atom. The number of carbonyl (C=O) groups excluding carboxylic acids is 1. The molecule has 0 atom stereocenters. The lowest BCUT2D eigenvalue weighted by atomic mass is 10.0. The fourth-order valence-electron chi connectivity index (χ4n) is 2.84. The number of thiocarbonyl (C=S) groups is 1. The Hall–Kier alpha value is -3.32. The molecule has 1 amide bonds. The maximum absolute atomic E-state index is 12.3. The van der Waals surface area contributed by atoms with Crippen molar-refractivity contribution in [1.29, 1.82) is 0 Å². The average molecular weight is 379 g/mol. The van der Waals surface area contributed by atoms with Crippen molar-refractivity contribution < 1.29 is 9.72 Å². The summed E-state index contributed by atoms with van der Waals surface area (Å²) in [5, 5.41) is 18.6. The summed E-state index contributed by atoms with van der Waals surface area (Å²) >= 11 is 5.15. The molecule has 0 saturated carbocycles. The number of rotatable bonds is 4. The molecule has 2 N–H and O–H groups in total. The van der Waals surface area contributed by atoms with Gasteiger partial charge in [0.15, 0.2) is 5.11 Å².